The average molecular weight is 415 g/mol. The fourth-order valence-corrected chi connectivity index (χ4v) is 3.38. The molecule has 0 unspecified atom stereocenters. The summed E-state index contributed by atoms with van der Waals surface area (Å²) in [6, 6.07) is 9.08. The fraction of sp³-hybridized carbons (Fsp3) is 0.0909. The van der Waals surface area contributed by atoms with Gasteiger partial charge in [-0.05, 0) is 43.3 Å². The Kier molecular flexibility index (Phi) is 4.47. The van der Waals surface area contributed by atoms with Crippen LogP contribution >= 0.6 is 0 Å². The van der Waals surface area contributed by atoms with Gasteiger partial charge in [0.1, 0.15) is 5.65 Å². The highest BCUT2D eigenvalue weighted by molar-refractivity contribution is 6.26. The number of rotatable bonds is 5. The second-order valence-electron chi connectivity index (χ2n) is 6.77. The Balaban J connectivity index is 1.51. The zero-order valence-electron chi connectivity index (χ0n) is 16.4. The second-order valence-corrected chi connectivity index (χ2v) is 6.77. The van der Waals surface area contributed by atoms with Crippen molar-refractivity contribution in [3.8, 4) is 0 Å². The van der Waals surface area contributed by atoms with E-state index in [1.54, 1.807) is 49.9 Å². The number of nitrogens with zero attached hydrogens (tertiary/aromatic N) is 2. The molecule has 1 aliphatic rings. The van der Waals surface area contributed by atoms with E-state index in [0.717, 1.165) is 16.4 Å². The summed E-state index contributed by atoms with van der Waals surface area (Å²) < 4.78 is 10.9. The number of Topliss-reactive ketones (excluding diaryl/α,β-unsaturated/α-hetero) is 1. The molecule has 3 N–H and O–H groups in total. The number of anilines is 1. The predicted molar refractivity (Wildman–Crippen MR) is 114 cm³/mol. The van der Waals surface area contributed by atoms with Gasteiger partial charge >= 0.3 is 5.97 Å². The van der Waals surface area contributed by atoms with Crippen molar-refractivity contribution in [3.63, 3.8) is 0 Å². The minimum Gasteiger partial charge on any atom is -0.462 e. The highest BCUT2D eigenvalue weighted by atomic mass is 16.5. The number of pyridine rings is 1. The van der Waals surface area contributed by atoms with Crippen LogP contribution < -0.4 is 5.32 Å². The van der Waals surface area contributed by atoms with Gasteiger partial charge < -0.3 is 24.8 Å². The Morgan fingerprint density at radius 2 is 2.16 bits per heavy atom. The number of aromatic nitrogens is 4. The lowest BCUT2D eigenvalue weighted by Crippen LogP contribution is -2.16. The molecule has 0 spiro atoms. The Morgan fingerprint density at radius 1 is 1.26 bits per heavy atom. The summed E-state index contributed by atoms with van der Waals surface area (Å²) in [7, 11) is 0. The summed E-state index contributed by atoms with van der Waals surface area (Å²) >= 11 is 0. The molecule has 0 aliphatic carbocycles. The highest BCUT2D eigenvalue weighted by Gasteiger charge is 2.37. The molecule has 4 aromatic rings. The summed E-state index contributed by atoms with van der Waals surface area (Å²) in [5, 5.41) is 3.84. The van der Waals surface area contributed by atoms with Gasteiger partial charge in [-0.3, -0.25) is 4.79 Å². The molecule has 0 saturated carbocycles. The van der Waals surface area contributed by atoms with Gasteiger partial charge in [0.15, 0.2) is 11.3 Å². The van der Waals surface area contributed by atoms with Crippen molar-refractivity contribution in [2.45, 2.75) is 6.92 Å². The Hall–Kier alpha value is -4.40. The van der Waals surface area contributed by atoms with Crippen molar-refractivity contribution < 1.29 is 19.1 Å². The molecule has 0 amide bonds. The lowest BCUT2D eigenvalue weighted by molar-refractivity contribution is -0.139. The van der Waals surface area contributed by atoms with E-state index in [1.807, 2.05) is 12.1 Å². The van der Waals surface area contributed by atoms with Crippen molar-refractivity contribution in [1.29, 1.82) is 0 Å². The first-order chi connectivity index (χ1) is 15.1. The molecule has 0 atom stereocenters. The van der Waals surface area contributed by atoms with Crippen LogP contribution in [0.3, 0.4) is 0 Å². The van der Waals surface area contributed by atoms with Crippen molar-refractivity contribution in [2.75, 3.05) is 11.9 Å². The molecule has 0 radical (unpaired) electrons. The fourth-order valence-electron chi connectivity index (χ4n) is 3.38. The van der Waals surface area contributed by atoms with E-state index in [-0.39, 0.29) is 23.8 Å². The number of hydrogen-bond donors (Lipinski definition) is 3. The number of aromatic amines is 2. The van der Waals surface area contributed by atoms with Gasteiger partial charge in [0.05, 0.1) is 24.0 Å². The van der Waals surface area contributed by atoms with Crippen LogP contribution in [0.5, 0.6) is 0 Å². The van der Waals surface area contributed by atoms with E-state index in [1.165, 1.54) is 0 Å². The number of benzene rings is 1. The van der Waals surface area contributed by atoms with Crippen molar-refractivity contribution in [3.05, 3.63) is 71.8 Å². The summed E-state index contributed by atoms with van der Waals surface area (Å²) in [5.41, 5.74) is 3.42. The maximum absolute atomic E-state index is 13.0. The van der Waals surface area contributed by atoms with E-state index in [2.05, 4.69) is 25.3 Å². The first kappa shape index (κ1) is 18.6. The van der Waals surface area contributed by atoms with Crippen LogP contribution in [0, 0.1) is 0 Å². The lowest BCUT2D eigenvalue weighted by Gasteiger charge is -2.08. The van der Waals surface area contributed by atoms with Crippen molar-refractivity contribution >= 4 is 45.6 Å². The molecular formula is C22H17N5O4. The van der Waals surface area contributed by atoms with Gasteiger partial charge in [0, 0.05) is 29.0 Å². The standard InChI is InChI=1S/C22H17N5O4/c1-2-30-22(29)18-19(28)17(8-12-10-24-20-14(12)4-3-7-23-20)31-21(18)27-13-5-6-15-16(9-13)26-11-25-15/h3-11,27H,2H2,1H3,(H,23,24)(H,25,26)/b17-8-. The number of ketones is 1. The molecule has 9 nitrogen and oxygen atoms in total. The number of carbonyl (C=O) groups excluding carboxylic acids is 2. The Bertz CT molecular complexity index is 1400. The number of fused-ring (bicyclic) bond motifs is 2. The third-order valence-electron chi connectivity index (χ3n) is 4.82. The largest absolute Gasteiger partial charge is 0.462 e. The van der Waals surface area contributed by atoms with E-state index in [0.29, 0.717) is 16.9 Å². The molecular weight excluding hydrogens is 398 g/mol. The van der Waals surface area contributed by atoms with Crippen molar-refractivity contribution in [1.82, 2.24) is 19.9 Å². The number of nitrogens with one attached hydrogen (secondary N) is 3. The Morgan fingerprint density at radius 3 is 3.03 bits per heavy atom. The van der Waals surface area contributed by atoms with Gasteiger partial charge in [0.2, 0.25) is 11.7 Å². The molecule has 154 valence electrons. The quantitative estimate of drug-likeness (QED) is 0.260. The summed E-state index contributed by atoms with van der Waals surface area (Å²) in [5.74, 6) is -1.28. The number of imidazole rings is 1. The number of allylic oxidation sites excluding steroid dienone is 1. The minimum absolute atomic E-state index is 0.0103. The van der Waals surface area contributed by atoms with Crippen LogP contribution in [0.2, 0.25) is 0 Å². The number of esters is 1. The van der Waals surface area contributed by atoms with Crippen molar-refractivity contribution in [2.24, 2.45) is 0 Å². The normalized spacial score (nSPS) is 15.1. The van der Waals surface area contributed by atoms with Crippen LogP contribution in [0.25, 0.3) is 28.1 Å². The summed E-state index contributed by atoms with van der Waals surface area (Å²) in [6.45, 7) is 1.81. The topological polar surface area (TPSA) is 122 Å². The van der Waals surface area contributed by atoms with Crippen LogP contribution in [0.4, 0.5) is 5.69 Å². The van der Waals surface area contributed by atoms with Gasteiger partial charge in [0.25, 0.3) is 0 Å². The maximum atomic E-state index is 13.0. The molecule has 5 rings (SSSR count). The molecule has 0 bridgehead atoms. The van der Waals surface area contributed by atoms with Crippen LogP contribution in [-0.4, -0.2) is 38.3 Å². The van der Waals surface area contributed by atoms with E-state index < -0.39 is 11.8 Å². The smallest absolute Gasteiger partial charge is 0.347 e. The number of hydrogen-bond acceptors (Lipinski definition) is 7. The summed E-state index contributed by atoms with van der Waals surface area (Å²) in [6.07, 6.45) is 6.56. The van der Waals surface area contributed by atoms with Crippen LogP contribution in [-0.2, 0) is 19.1 Å². The second kappa shape index (κ2) is 7.45. The number of H-pyrrole nitrogens is 2. The molecule has 9 heteroatoms. The zero-order valence-corrected chi connectivity index (χ0v) is 16.4. The monoisotopic (exact) mass is 415 g/mol. The minimum atomic E-state index is -0.750. The van der Waals surface area contributed by atoms with Crippen LogP contribution in [0.1, 0.15) is 12.5 Å². The average Bonchev–Trinajstić information content (AvgIpc) is 3.47. The Labute approximate surface area is 175 Å². The SMILES string of the molecule is CCOC(=O)C1=C(Nc2ccc3[nH]cnc3c2)O/C(=C\c2c[nH]c3ncccc23)C1=O. The molecule has 1 aromatic carbocycles. The van der Waals surface area contributed by atoms with E-state index >= 15 is 0 Å². The van der Waals surface area contributed by atoms with E-state index in [9.17, 15) is 9.59 Å². The third kappa shape index (κ3) is 3.31. The highest BCUT2D eigenvalue weighted by Crippen LogP contribution is 2.30. The molecule has 1 aliphatic heterocycles. The molecule has 0 fully saturated rings. The zero-order chi connectivity index (χ0) is 21.4. The molecule has 0 saturated heterocycles. The first-order valence-corrected chi connectivity index (χ1v) is 9.62. The third-order valence-corrected chi connectivity index (χ3v) is 4.82. The van der Waals surface area contributed by atoms with E-state index in [4.69, 9.17) is 9.47 Å². The van der Waals surface area contributed by atoms with Crippen LogP contribution in [0.15, 0.2) is 66.3 Å². The molecule has 4 heterocycles. The van der Waals surface area contributed by atoms with Gasteiger partial charge in [-0.15, -0.1) is 0 Å². The van der Waals surface area contributed by atoms with Gasteiger partial charge in [-0.25, -0.2) is 14.8 Å². The first-order valence-electron chi connectivity index (χ1n) is 9.62. The number of ether oxygens (including phenoxy) is 2. The number of carbonyl (C=O) groups is 2. The van der Waals surface area contributed by atoms with Gasteiger partial charge in [-0.2, -0.15) is 0 Å². The summed E-state index contributed by atoms with van der Waals surface area (Å²) in [4.78, 5) is 40.0. The lowest BCUT2D eigenvalue weighted by atomic mass is 10.1. The molecule has 31 heavy (non-hydrogen) atoms. The van der Waals surface area contributed by atoms with Gasteiger partial charge in [-0.1, -0.05) is 0 Å². The molecule has 3 aromatic heterocycles. The maximum Gasteiger partial charge on any atom is 0.347 e. The predicted octanol–water partition coefficient (Wildman–Crippen LogP) is 3.27.